The normalized spacial score (nSPS) is 10.7. The maximum atomic E-state index is 11.4. The van der Waals surface area contributed by atoms with Gasteiger partial charge in [0, 0.05) is 6.54 Å². The molecular formula is C11H11NO3. The average Bonchev–Trinajstić information content (AvgIpc) is 2.55. The molecule has 0 fully saturated rings. The van der Waals surface area contributed by atoms with E-state index in [0.717, 1.165) is 11.1 Å². The van der Waals surface area contributed by atoms with E-state index in [9.17, 15) is 4.79 Å². The Morgan fingerprint density at radius 1 is 1.53 bits per heavy atom. The minimum absolute atomic E-state index is 0.0632. The summed E-state index contributed by atoms with van der Waals surface area (Å²) in [6.07, 6.45) is 1.64. The van der Waals surface area contributed by atoms with E-state index in [2.05, 4.69) is 6.58 Å². The Hall–Kier alpha value is -1.81. The quantitative estimate of drug-likeness (QED) is 0.768. The predicted molar refractivity (Wildman–Crippen MR) is 56.6 cm³/mol. The topological polar surface area (TPSA) is 55.4 Å². The summed E-state index contributed by atoms with van der Waals surface area (Å²) >= 11 is 0. The van der Waals surface area contributed by atoms with Gasteiger partial charge in [-0.05, 0) is 17.7 Å². The molecule has 2 rings (SSSR count). The van der Waals surface area contributed by atoms with Crippen molar-refractivity contribution in [3.05, 3.63) is 47.0 Å². The molecule has 15 heavy (non-hydrogen) atoms. The Labute approximate surface area is 86.1 Å². The Kier molecular flexibility index (Phi) is 2.43. The molecule has 0 saturated carbocycles. The first-order valence-corrected chi connectivity index (χ1v) is 4.60. The smallest absolute Gasteiger partial charge is 0.408 e. The van der Waals surface area contributed by atoms with Crippen LogP contribution >= 0.6 is 0 Å². The van der Waals surface area contributed by atoms with Crippen molar-refractivity contribution in [2.24, 2.45) is 0 Å². The van der Waals surface area contributed by atoms with Gasteiger partial charge >= 0.3 is 5.76 Å². The van der Waals surface area contributed by atoms with Crippen LogP contribution in [0.1, 0.15) is 5.56 Å². The van der Waals surface area contributed by atoms with Crippen molar-refractivity contribution in [1.82, 2.24) is 4.57 Å². The van der Waals surface area contributed by atoms with Gasteiger partial charge in [-0.15, -0.1) is 6.58 Å². The third-order valence-electron chi connectivity index (χ3n) is 2.23. The van der Waals surface area contributed by atoms with Crippen molar-refractivity contribution in [1.29, 1.82) is 0 Å². The molecule has 0 aliphatic rings. The molecule has 1 aromatic carbocycles. The van der Waals surface area contributed by atoms with Crippen LogP contribution in [0.25, 0.3) is 11.1 Å². The SMILES string of the molecule is C=CCn1c(=O)oc2cc(CO)ccc21. The molecule has 0 unspecified atom stereocenters. The van der Waals surface area contributed by atoms with E-state index in [1.54, 1.807) is 24.3 Å². The summed E-state index contributed by atoms with van der Waals surface area (Å²) in [6.45, 7) is 3.93. The molecule has 4 nitrogen and oxygen atoms in total. The Balaban J connectivity index is 2.68. The molecule has 0 atom stereocenters. The van der Waals surface area contributed by atoms with Gasteiger partial charge in [0.1, 0.15) is 0 Å². The van der Waals surface area contributed by atoms with Gasteiger partial charge in [0.2, 0.25) is 0 Å². The van der Waals surface area contributed by atoms with Crippen LogP contribution in [0.15, 0.2) is 40.1 Å². The fourth-order valence-corrected chi connectivity index (χ4v) is 1.51. The summed E-state index contributed by atoms with van der Waals surface area (Å²) in [5, 5.41) is 8.93. The number of benzene rings is 1. The molecule has 1 N–H and O–H groups in total. The summed E-state index contributed by atoms with van der Waals surface area (Å²) in [4.78, 5) is 11.4. The number of rotatable bonds is 3. The third-order valence-corrected chi connectivity index (χ3v) is 2.23. The van der Waals surface area contributed by atoms with E-state index in [0.29, 0.717) is 12.1 Å². The zero-order chi connectivity index (χ0) is 10.8. The number of aliphatic hydroxyl groups excluding tert-OH is 1. The second kappa shape index (κ2) is 3.74. The molecule has 2 aromatic rings. The summed E-state index contributed by atoms with van der Waals surface area (Å²) in [6, 6.07) is 5.18. The monoisotopic (exact) mass is 205 g/mol. The molecule has 0 radical (unpaired) electrons. The lowest BCUT2D eigenvalue weighted by molar-refractivity contribution is 0.282. The molecule has 0 saturated heterocycles. The molecule has 0 spiro atoms. The molecule has 78 valence electrons. The first kappa shape index (κ1) is 9.73. The van der Waals surface area contributed by atoms with Crippen LogP contribution in [-0.2, 0) is 13.2 Å². The zero-order valence-corrected chi connectivity index (χ0v) is 8.14. The van der Waals surface area contributed by atoms with Crippen molar-refractivity contribution in [3.63, 3.8) is 0 Å². The molecule has 1 aromatic heterocycles. The molecule has 0 bridgehead atoms. The van der Waals surface area contributed by atoms with Gasteiger partial charge in [-0.25, -0.2) is 4.79 Å². The number of hydrogen-bond donors (Lipinski definition) is 1. The Morgan fingerprint density at radius 2 is 2.33 bits per heavy atom. The summed E-state index contributed by atoms with van der Waals surface area (Å²) < 4.78 is 6.53. The molecule has 1 heterocycles. The highest BCUT2D eigenvalue weighted by molar-refractivity contribution is 5.73. The fraction of sp³-hybridized carbons (Fsp3) is 0.182. The minimum Gasteiger partial charge on any atom is -0.408 e. The van der Waals surface area contributed by atoms with Crippen LogP contribution < -0.4 is 5.76 Å². The Morgan fingerprint density at radius 3 is 3.00 bits per heavy atom. The van der Waals surface area contributed by atoms with Gasteiger partial charge in [0.15, 0.2) is 5.58 Å². The fourth-order valence-electron chi connectivity index (χ4n) is 1.51. The largest absolute Gasteiger partial charge is 0.420 e. The van der Waals surface area contributed by atoms with E-state index >= 15 is 0 Å². The number of aliphatic hydroxyl groups is 1. The van der Waals surface area contributed by atoms with Crippen molar-refractivity contribution in [2.45, 2.75) is 13.2 Å². The van der Waals surface area contributed by atoms with Crippen LogP contribution in [0.5, 0.6) is 0 Å². The van der Waals surface area contributed by atoms with E-state index < -0.39 is 5.76 Å². The standard InChI is InChI=1S/C11H11NO3/c1-2-5-12-9-4-3-8(7-13)6-10(9)15-11(12)14/h2-4,6,13H,1,5,7H2. The summed E-state index contributed by atoms with van der Waals surface area (Å²) in [7, 11) is 0. The number of allylic oxidation sites excluding steroid dienone is 1. The number of hydrogen-bond acceptors (Lipinski definition) is 3. The lowest BCUT2D eigenvalue weighted by Gasteiger charge is -1.97. The number of nitrogens with zero attached hydrogens (tertiary/aromatic N) is 1. The van der Waals surface area contributed by atoms with Crippen molar-refractivity contribution in [3.8, 4) is 0 Å². The second-order valence-electron chi connectivity index (χ2n) is 3.23. The lowest BCUT2D eigenvalue weighted by atomic mass is 10.2. The van der Waals surface area contributed by atoms with Gasteiger partial charge in [-0.1, -0.05) is 12.1 Å². The molecule has 0 amide bonds. The molecule has 0 aliphatic heterocycles. The molecule has 0 aliphatic carbocycles. The highest BCUT2D eigenvalue weighted by Crippen LogP contribution is 2.15. The van der Waals surface area contributed by atoms with Crippen molar-refractivity contribution >= 4 is 11.1 Å². The number of aromatic nitrogens is 1. The first-order chi connectivity index (χ1) is 7.26. The third kappa shape index (κ3) is 1.59. The van der Waals surface area contributed by atoms with Gasteiger partial charge in [-0.3, -0.25) is 4.57 Å². The van der Waals surface area contributed by atoms with E-state index in [1.165, 1.54) is 4.57 Å². The predicted octanol–water partition coefficient (Wildman–Crippen LogP) is 1.27. The maximum Gasteiger partial charge on any atom is 0.420 e. The minimum atomic E-state index is -0.403. The van der Waals surface area contributed by atoms with Crippen LogP contribution in [0.2, 0.25) is 0 Å². The van der Waals surface area contributed by atoms with Crippen molar-refractivity contribution < 1.29 is 9.52 Å². The average molecular weight is 205 g/mol. The summed E-state index contributed by atoms with van der Waals surface area (Å²) in [5.41, 5.74) is 1.94. The van der Waals surface area contributed by atoms with Crippen LogP contribution in [-0.4, -0.2) is 9.67 Å². The van der Waals surface area contributed by atoms with E-state index in [-0.39, 0.29) is 6.61 Å². The van der Waals surface area contributed by atoms with Crippen LogP contribution in [0, 0.1) is 0 Å². The highest BCUT2D eigenvalue weighted by atomic mass is 16.4. The maximum absolute atomic E-state index is 11.4. The zero-order valence-electron chi connectivity index (χ0n) is 8.14. The number of fused-ring (bicyclic) bond motifs is 1. The first-order valence-electron chi connectivity index (χ1n) is 4.60. The second-order valence-corrected chi connectivity index (χ2v) is 3.23. The van der Waals surface area contributed by atoms with Gasteiger partial charge in [-0.2, -0.15) is 0 Å². The Bertz CT molecular complexity index is 550. The van der Waals surface area contributed by atoms with Crippen molar-refractivity contribution in [2.75, 3.05) is 0 Å². The van der Waals surface area contributed by atoms with Gasteiger partial charge in [0.05, 0.1) is 12.1 Å². The van der Waals surface area contributed by atoms with E-state index in [4.69, 9.17) is 9.52 Å². The molecular weight excluding hydrogens is 194 g/mol. The van der Waals surface area contributed by atoms with Gasteiger partial charge in [0.25, 0.3) is 0 Å². The van der Waals surface area contributed by atoms with E-state index in [1.807, 2.05) is 0 Å². The highest BCUT2D eigenvalue weighted by Gasteiger charge is 2.07. The van der Waals surface area contributed by atoms with Gasteiger partial charge < -0.3 is 9.52 Å². The number of oxazole rings is 1. The summed E-state index contributed by atoms with van der Waals surface area (Å²) in [5.74, 6) is -0.403. The van der Waals surface area contributed by atoms with Crippen LogP contribution in [0.3, 0.4) is 0 Å². The van der Waals surface area contributed by atoms with Crippen LogP contribution in [0.4, 0.5) is 0 Å². The molecule has 4 heteroatoms. The lowest BCUT2D eigenvalue weighted by Crippen LogP contribution is -2.12.